The molecule has 0 amide bonds. The summed E-state index contributed by atoms with van der Waals surface area (Å²) in [4.78, 5) is 8.65. The van der Waals surface area contributed by atoms with Crippen LogP contribution < -0.4 is 10.6 Å². The van der Waals surface area contributed by atoms with Crippen LogP contribution in [0.3, 0.4) is 0 Å². The number of rotatable bonds is 10. The van der Waals surface area contributed by atoms with Crippen LogP contribution in [-0.4, -0.2) is 40.7 Å². The van der Waals surface area contributed by atoms with Crippen LogP contribution >= 0.6 is 15.9 Å². The number of aromatic nitrogens is 3. The molecule has 0 aliphatic heterocycles. The molecule has 2 heterocycles. The van der Waals surface area contributed by atoms with Gasteiger partial charge in [-0.2, -0.15) is 0 Å². The lowest BCUT2D eigenvalue weighted by molar-refractivity contribution is 0.452. The third-order valence-corrected chi connectivity index (χ3v) is 6.56. The van der Waals surface area contributed by atoms with Gasteiger partial charge >= 0.3 is 0 Å². The molecule has 1 saturated carbocycles. The smallest absolute Gasteiger partial charge is 0.144 e. The van der Waals surface area contributed by atoms with Crippen molar-refractivity contribution in [3.05, 3.63) is 59.1 Å². The minimum absolute atomic E-state index is 0.546. The molecule has 154 valence electrons. The number of nitrogens with zero attached hydrogens (tertiary/aromatic N) is 3. The van der Waals surface area contributed by atoms with Crippen molar-refractivity contribution in [2.24, 2.45) is 5.92 Å². The van der Waals surface area contributed by atoms with Crippen molar-refractivity contribution >= 4 is 27.0 Å². The van der Waals surface area contributed by atoms with Gasteiger partial charge in [0, 0.05) is 22.9 Å². The van der Waals surface area contributed by atoms with Gasteiger partial charge in [0.15, 0.2) is 0 Å². The van der Waals surface area contributed by atoms with E-state index in [1.54, 1.807) is 6.33 Å². The highest BCUT2D eigenvalue weighted by Crippen LogP contribution is 2.37. The summed E-state index contributed by atoms with van der Waals surface area (Å²) >= 11 is 3.65. The summed E-state index contributed by atoms with van der Waals surface area (Å²) in [5.74, 6) is 0.754. The van der Waals surface area contributed by atoms with E-state index < -0.39 is 0 Å². The predicted molar refractivity (Wildman–Crippen MR) is 122 cm³/mol. The molecule has 0 spiro atoms. The van der Waals surface area contributed by atoms with Crippen molar-refractivity contribution in [2.45, 2.75) is 38.1 Å². The van der Waals surface area contributed by atoms with E-state index >= 15 is 0 Å². The van der Waals surface area contributed by atoms with Crippen LogP contribution in [0.25, 0.3) is 11.0 Å². The summed E-state index contributed by atoms with van der Waals surface area (Å²) in [6, 6.07) is 11.2. The minimum atomic E-state index is 0.546. The van der Waals surface area contributed by atoms with Crippen molar-refractivity contribution in [3.63, 3.8) is 0 Å². The van der Waals surface area contributed by atoms with Crippen molar-refractivity contribution in [1.82, 2.24) is 25.2 Å². The summed E-state index contributed by atoms with van der Waals surface area (Å²) < 4.78 is 3.44. The largest absolute Gasteiger partial charge is 0.328 e. The maximum atomic E-state index is 4.50. The average Bonchev–Trinajstić information content (AvgIpc) is 3.35. The van der Waals surface area contributed by atoms with Gasteiger partial charge in [0.1, 0.15) is 12.0 Å². The number of hydrogen-bond acceptors (Lipinski definition) is 4. The second-order valence-corrected chi connectivity index (χ2v) is 8.87. The quantitative estimate of drug-likeness (QED) is 0.446. The number of halogens is 1. The Kier molecular flexibility index (Phi) is 7.30. The number of hydrogen-bond donors (Lipinski definition) is 2. The van der Waals surface area contributed by atoms with Gasteiger partial charge in [-0.15, -0.1) is 0 Å². The molecule has 1 aliphatic rings. The van der Waals surface area contributed by atoms with Crippen molar-refractivity contribution in [3.8, 4) is 0 Å². The van der Waals surface area contributed by atoms with E-state index in [4.69, 9.17) is 0 Å². The maximum absolute atomic E-state index is 4.50. The highest BCUT2D eigenvalue weighted by atomic mass is 79.9. The summed E-state index contributed by atoms with van der Waals surface area (Å²) in [6.07, 6.45) is 11.7. The highest BCUT2D eigenvalue weighted by Gasteiger charge is 2.27. The standard InChI is InChI=1S/C23H30BrN5/c24-22-16-29(23-21(22)15-27-17-28-23)20-8-7-19(13-20)14-26-11-4-10-25-12-9-18-5-2-1-3-6-18/h1-3,5-6,15-17,19-20,25-26H,4,7-14H2/t19-,20+/m1/s1. The zero-order chi connectivity index (χ0) is 19.9. The Labute approximate surface area is 181 Å². The first-order valence-corrected chi connectivity index (χ1v) is 11.5. The lowest BCUT2D eigenvalue weighted by Gasteiger charge is -2.15. The average molecular weight is 456 g/mol. The monoisotopic (exact) mass is 455 g/mol. The first-order valence-electron chi connectivity index (χ1n) is 10.7. The van der Waals surface area contributed by atoms with E-state index in [0.717, 1.165) is 54.0 Å². The first-order chi connectivity index (χ1) is 14.3. The van der Waals surface area contributed by atoms with E-state index in [1.807, 2.05) is 6.20 Å². The molecule has 29 heavy (non-hydrogen) atoms. The Bertz CT molecular complexity index is 895. The minimum Gasteiger partial charge on any atom is -0.328 e. The fourth-order valence-corrected chi connectivity index (χ4v) is 4.86. The Balaban J connectivity index is 1.11. The van der Waals surface area contributed by atoms with Crippen LogP contribution in [0.1, 0.15) is 37.3 Å². The Morgan fingerprint density at radius 2 is 1.93 bits per heavy atom. The van der Waals surface area contributed by atoms with Crippen LogP contribution in [-0.2, 0) is 6.42 Å². The molecule has 0 bridgehead atoms. The second-order valence-electron chi connectivity index (χ2n) is 8.02. The van der Waals surface area contributed by atoms with Crippen molar-refractivity contribution in [2.75, 3.05) is 26.2 Å². The molecular formula is C23H30BrN5. The highest BCUT2D eigenvalue weighted by molar-refractivity contribution is 9.10. The number of benzene rings is 1. The van der Waals surface area contributed by atoms with Crippen LogP contribution in [0, 0.1) is 5.92 Å². The van der Waals surface area contributed by atoms with E-state index in [2.05, 4.69) is 77.6 Å². The molecular weight excluding hydrogens is 426 g/mol. The van der Waals surface area contributed by atoms with Gasteiger partial charge < -0.3 is 15.2 Å². The molecule has 1 fully saturated rings. The lowest BCUT2D eigenvalue weighted by atomic mass is 10.1. The van der Waals surface area contributed by atoms with E-state index in [1.165, 1.54) is 31.2 Å². The van der Waals surface area contributed by atoms with Gasteiger partial charge in [-0.05, 0) is 85.7 Å². The van der Waals surface area contributed by atoms with Crippen LogP contribution in [0.4, 0.5) is 0 Å². The van der Waals surface area contributed by atoms with Crippen LogP contribution in [0.2, 0.25) is 0 Å². The Morgan fingerprint density at radius 1 is 1.07 bits per heavy atom. The zero-order valence-corrected chi connectivity index (χ0v) is 18.4. The SMILES string of the molecule is Brc1cn([C@H]2CC[C@@H](CNCCCNCCc3ccccc3)C2)c2ncncc12. The van der Waals surface area contributed by atoms with E-state index in [9.17, 15) is 0 Å². The van der Waals surface area contributed by atoms with Crippen LogP contribution in [0.15, 0.2) is 53.5 Å². The van der Waals surface area contributed by atoms with Crippen LogP contribution in [0.5, 0.6) is 0 Å². The van der Waals surface area contributed by atoms with Gasteiger partial charge in [-0.3, -0.25) is 0 Å². The van der Waals surface area contributed by atoms with E-state index in [0.29, 0.717) is 6.04 Å². The first kappa shape index (κ1) is 20.5. The van der Waals surface area contributed by atoms with Gasteiger partial charge in [0.25, 0.3) is 0 Å². The molecule has 1 aromatic carbocycles. The second kappa shape index (κ2) is 10.3. The fraction of sp³-hybridized carbons (Fsp3) is 0.478. The normalized spacial score (nSPS) is 19.2. The molecule has 4 rings (SSSR count). The third kappa shape index (κ3) is 5.44. The van der Waals surface area contributed by atoms with E-state index in [-0.39, 0.29) is 0 Å². The summed E-state index contributed by atoms with van der Waals surface area (Å²) in [5.41, 5.74) is 2.45. The Hall–Kier alpha value is -1.76. The molecule has 2 aromatic heterocycles. The molecule has 0 saturated heterocycles. The Morgan fingerprint density at radius 3 is 2.83 bits per heavy atom. The number of nitrogens with one attached hydrogen (secondary N) is 2. The predicted octanol–water partition coefficient (Wildman–Crippen LogP) is 4.35. The van der Waals surface area contributed by atoms with Gasteiger partial charge in [-0.1, -0.05) is 30.3 Å². The summed E-state index contributed by atoms with van der Waals surface area (Å²) in [7, 11) is 0. The lowest BCUT2D eigenvalue weighted by Crippen LogP contribution is -2.26. The fourth-order valence-electron chi connectivity index (χ4n) is 4.36. The molecule has 3 aromatic rings. The molecule has 2 atom stereocenters. The molecule has 6 heteroatoms. The molecule has 5 nitrogen and oxygen atoms in total. The molecule has 0 radical (unpaired) electrons. The third-order valence-electron chi connectivity index (χ3n) is 5.93. The molecule has 2 N–H and O–H groups in total. The van der Waals surface area contributed by atoms with Crippen molar-refractivity contribution < 1.29 is 0 Å². The zero-order valence-electron chi connectivity index (χ0n) is 16.9. The molecule has 0 unspecified atom stereocenters. The maximum Gasteiger partial charge on any atom is 0.144 e. The van der Waals surface area contributed by atoms with Gasteiger partial charge in [-0.25, -0.2) is 9.97 Å². The summed E-state index contributed by atoms with van der Waals surface area (Å²) in [5, 5.41) is 8.32. The van der Waals surface area contributed by atoms with Gasteiger partial charge in [0.05, 0.1) is 5.39 Å². The topological polar surface area (TPSA) is 54.8 Å². The number of fused-ring (bicyclic) bond motifs is 1. The summed E-state index contributed by atoms with van der Waals surface area (Å²) in [6.45, 7) is 4.34. The van der Waals surface area contributed by atoms with Crippen molar-refractivity contribution in [1.29, 1.82) is 0 Å². The van der Waals surface area contributed by atoms with Gasteiger partial charge in [0.2, 0.25) is 0 Å². The molecule has 1 aliphatic carbocycles.